The normalized spacial score (nSPS) is 12.4. The van der Waals surface area contributed by atoms with Crippen LogP contribution in [-0.2, 0) is 0 Å². The largest absolute Gasteiger partial charge is 0.0990 e. The molecule has 0 heteroatoms. The highest BCUT2D eigenvalue weighted by atomic mass is 14.0. The fraction of sp³-hybridized carbons (Fsp3) is 0.0588. The van der Waals surface area contributed by atoms with E-state index >= 15 is 0 Å². The second-order valence-electron chi connectivity index (χ2n) is 3.98. The lowest BCUT2D eigenvalue weighted by atomic mass is 10.0. The molecule has 0 saturated carbocycles. The predicted octanol–water partition coefficient (Wildman–Crippen LogP) is 3.25. The summed E-state index contributed by atoms with van der Waals surface area (Å²) in [5, 5.41) is 4.68. The summed E-state index contributed by atoms with van der Waals surface area (Å²) in [6.45, 7) is 9.98. The average molecular weight is 220 g/mol. The second-order valence-corrected chi connectivity index (χ2v) is 3.98. The van der Waals surface area contributed by atoms with Gasteiger partial charge in [-0.15, -0.1) is 0 Å². The molecular weight excluding hydrogens is 204 g/mol. The van der Waals surface area contributed by atoms with Gasteiger partial charge in [0.05, 0.1) is 0 Å². The predicted molar refractivity (Wildman–Crippen MR) is 78.1 cm³/mol. The van der Waals surface area contributed by atoms with Crippen molar-refractivity contribution in [1.29, 1.82) is 0 Å². The number of rotatable bonds is 2. The van der Waals surface area contributed by atoms with Crippen LogP contribution in [0.4, 0.5) is 0 Å². The monoisotopic (exact) mass is 220 g/mol. The minimum Gasteiger partial charge on any atom is -0.0990 e. The van der Waals surface area contributed by atoms with Crippen LogP contribution in [0.5, 0.6) is 0 Å². The maximum Gasteiger partial charge on any atom is -0.0105 e. The molecule has 0 aliphatic carbocycles. The molecule has 2 aromatic rings. The third-order valence-corrected chi connectivity index (χ3v) is 2.87. The highest BCUT2D eigenvalue weighted by Crippen LogP contribution is 2.10. The Hall–Kier alpha value is -2.08. The molecule has 0 heterocycles. The molecule has 0 atom stereocenters. The molecule has 0 aliphatic heterocycles. The highest BCUT2D eigenvalue weighted by Gasteiger charge is 1.98. The quantitative estimate of drug-likeness (QED) is 0.729. The maximum atomic E-state index is 4.18. The van der Waals surface area contributed by atoms with Crippen LogP contribution in [0, 0.1) is 0 Å². The van der Waals surface area contributed by atoms with Crippen molar-refractivity contribution in [2.45, 2.75) is 6.92 Å². The van der Waals surface area contributed by atoms with E-state index in [1.165, 1.54) is 16.3 Å². The SMILES string of the molecule is C=C/C=c1\c(=C)c(/C=C\C)cc2ccccc12. The van der Waals surface area contributed by atoms with E-state index in [1.54, 1.807) is 0 Å². The van der Waals surface area contributed by atoms with E-state index in [-0.39, 0.29) is 0 Å². The highest BCUT2D eigenvalue weighted by molar-refractivity contribution is 5.86. The van der Waals surface area contributed by atoms with Crippen LogP contribution in [0.25, 0.3) is 29.5 Å². The van der Waals surface area contributed by atoms with Crippen molar-refractivity contribution >= 4 is 29.5 Å². The van der Waals surface area contributed by atoms with Gasteiger partial charge in [0, 0.05) is 0 Å². The molecule has 2 rings (SSSR count). The number of allylic oxidation sites excluding steroid dienone is 2. The zero-order valence-corrected chi connectivity index (χ0v) is 10.1. The lowest BCUT2D eigenvalue weighted by molar-refractivity contribution is 1.55. The summed E-state index contributed by atoms with van der Waals surface area (Å²) >= 11 is 0. The summed E-state index contributed by atoms with van der Waals surface area (Å²) in [4.78, 5) is 0. The molecule has 0 spiro atoms. The molecule has 2 aromatic carbocycles. The van der Waals surface area contributed by atoms with E-state index in [0.717, 1.165) is 10.4 Å². The van der Waals surface area contributed by atoms with Gasteiger partial charge in [-0.25, -0.2) is 0 Å². The van der Waals surface area contributed by atoms with Crippen LogP contribution in [-0.4, -0.2) is 0 Å². The van der Waals surface area contributed by atoms with Crippen molar-refractivity contribution in [1.82, 2.24) is 0 Å². The van der Waals surface area contributed by atoms with E-state index in [9.17, 15) is 0 Å². The first-order chi connectivity index (χ1) is 8.27. The third-order valence-electron chi connectivity index (χ3n) is 2.87. The Morgan fingerprint density at radius 3 is 2.65 bits per heavy atom. The maximum absolute atomic E-state index is 4.18. The fourth-order valence-corrected chi connectivity index (χ4v) is 2.08. The first-order valence-corrected chi connectivity index (χ1v) is 5.74. The minimum atomic E-state index is 1.06. The average Bonchev–Trinajstić information content (AvgIpc) is 2.35. The Bertz CT molecular complexity index is 688. The first-order valence-electron chi connectivity index (χ1n) is 5.74. The molecule has 0 bridgehead atoms. The van der Waals surface area contributed by atoms with Gasteiger partial charge in [-0.1, -0.05) is 61.7 Å². The van der Waals surface area contributed by atoms with Crippen LogP contribution in [0.1, 0.15) is 12.5 Å². The van der Waals surface area contributed by atoms with Crippen molar-refractivity contribution in [3.8, 4) is 0 Å². The number of hydrogen-bond donors (Lipinski definition) is 0. The molecule has 0 nitrogen and oxygen atoms in total. The smallest absolute Gasteiger partial charge is 0.0105 e. The van der Waals surface area contributed by atoms with E-state index in [1.807, 2.05) is 25.2 Å². The lowest BCUT2D eigenvalue weighted by Crippen LogP contribution is -2.26. The summed E-state index contributed by atoms with van der Waals surface area (Å²) in [6, 6.07) is 10.5. The van der Waals surface area contributed by atoms with E-state index in [0.29, 0.717) is 0 Å². The Morgan fingerprint density at radius 2 is 1.94 bits per heavy atom. The van der Waals surface area contributed by atoms with Crippen molar-refractivity contribution in [2.75, 3.05) is 0 Å². The molecule has 0 aromatic heterocycles. The second kappa shape index (κ2) is 4.84. The van der Waals surface area contributed by atoms with E-state index < -0.39 is 0 Å². The summed E-state index contributed by atoms with van der Waals surface area (Å²) < 4.78 is 0. The standard InChI is InChI=1S/C17H16/c1-4-8-14-12-15-10-6-7-11-17(15)16(9-5-2)13(14)3/h4-12H,2-3H2,1H3/b8-4-,16-9+. The van der Waals surface area contributed by atoms with Crippen molar-refractivity contribution in [2.24, 2.45) is 0 Å². The molecule has 0 saturated heterocycles. The topological polar surface area (TPSA) is 0 Å². The third kappa shape index (κ3) is 2.07. The number of benzene rings is 2. The Balaban J connectivity index is 3.01. The summed E-state index contributed by atoms with van der Waals surface area (Å²) in [5.74, 6) is 0. The molecule has 0 radical (unpaired) electrons. The Labute approximate surface area is 102 Å². The van der Waals surface area contributed by atoms with Gasteiger partial charge >= 0.3 is 0 Å². The van der Waals surface area contributed by atoms with Gasteiger partial charge in [0.2, 0.25) is 0 Å². The van der Waals surface area contributed by atoms with Crippen LogP contribution in [0.2, 0.25) is 0 Å². The van der Waals surface area contributed by atoms with Gasteiger partial charge in [0.15, 0.2) is 0 Å². The zero-order chi connectivity index (χ0) is 12.3. The summed E-state index contributed by atoms with van der Waals surface area (Å²) in [6.07, 6.45) is 7.97. The van der Waals surface area contributed by atoms with Crippen LogP contribution < -0.4 is 10.4 Å². The van der Waals surface area contributed by atoms with Gasteiger partial charge < -0.3 is 0 Å². The number of hydrogen-bond acceptors (Lipinski definition) is 0. The number of fused-ring (bicyclic) bond motifs is 1. The minimum absolute atomic E-state index is 1.06. The molecule has 84 valence electrons. The summed E-state index contributed by atoms with van der Waals surface area (Å²) in [5.41, 5.74) is 1.17. The van der Waals surface area contributed by atoms with Crippen molar-refractivity contribution in [3.05, 3.63) is 65.1 Å². The molecule has 0 unspecified atom stereocenters. The molecular formula is C17H16. The molecule has 0 amide bonds. The zero-order valence-electron chi connectivity index (χ0n) is 10.1. The van der Waals surface area contributed by atoms with Gasteiger partial charge in [-0.05, 0) is 39.8 Å². The molecule has 17 heavy (non-hydrogen) atoms. The molecule has 0 fully saturated rings. The first kappa shape index (κ1) is 11.4. The fourth-order valence-electron chi connectivity index (χ4n) is 2.08. The van der Waals surface area contributed by atoms with Gasteiger partial charge in [0.25, 0.3) is 0 Å². The van der Waals surface area contributed by atoms with Crippen LogP contribution >= 0.6 is 0 Å². The Kier molecular flexibility index (Phi) is 3.24. The Morgan fingerprint density at radius 1 is 1.18 bits per heavy atom. The lowest BCUT2D eigenvalue weighted by Gasteiger charge is -2.03. The van der Waals surface area contributed by atoms with Gasteiger partial charge in [0.1, 0.15) is 0 Å². The van der Waals surface area contributed by atoms with Crippen molar-refractivity contribution in [3.63, 3.8) is 0 Å². The van der Waals surface area contributed by atoms with Gasteiger partial charge in [-0.2, -0.15) is 0 Å². The van der Waals surface area contributed by atoms with Crippen LogP contribution in [0.3, 0.4) is 0 Å². The van der Waals surface area contributed by atoms with Crippen molar-refractivity contribution < 1.29 is 0 Å². The van der Waals surface area contributed by atoms with E-state index in [4.69, 9.17) is 0 Å². The summed E-state index contributed by atoms with van der Waals surface area (Å²) in [7, 11) is 0. The van der Waals surface area contributed by atoms with Gasteiger partial charge in [-0.3, -0.25) is 0 Å². The van der Waals surface area contributed by atoms with Crippen LogP contribution in [0.15, 0.2) is 49.1 Å². The molecule has 0 aliphatic rings. The molecule has 0 N–H and O–H groups in total. The van der Waals surface area contributed by atoms with E-state index in [2.05, 4.69) is 49.6 Å².